The van der Waals surface area contributed by atoms with E-state index in [9.17, 15) is 4.79 Å². The molecule has 130 valence electrons. The molecule has 0 aliphatic heterocycles. The third-order valence-corrected chi connectivity index (χ3v) is 4.69. The molecule has 2 aromatic heterocycles. The van der Waals surface area contributed by atoms with Gasteiger partial charge in [-0.3, -0.25) is 4.79 Å². The first kappa shape index (κ1) is 17.2. The molecule has 1 amide bonds. The number of furan rings is 1. The summed E-state index contributed by atoms with van der Waals surface area (Å²) in [5, 5.41) is 3.61. The quantitative estimate of drug-likeness (QED) is 0.670. The lowest BCUT2D eigenvalue weighted by atomic mass is 10.3. The summed E-state index contributed by atoms with van der Waals surface area (Å²) in [5.41, 5.74) is 1.38. The van der Waals surface area contributed by atoms with Gasteiger partial charge in [0.1, 0.15) is 16.4 Å². The number of carbonyl (C=O) groups is 1. The highest BCUT2D eigenvalue weighted by Gasteiger charge is 2.18. The zero-order valence-electron chi connectivity index (χ0n) is 14.5. The fourth-order valence-corrected chi connectivity index (χ4v) is 3.26. The van der Waals surface area contributed by atoms with E-state index in [1.807, 2.05) is 50.2 Å². The van der Waals surface area contributed by atoms with Crippen molar-refractivity contribution in [1.29, 1.82) is 0 Å². The molecule has 0 aliphatic rings. The molecule has 1 aromatic carbocycles. The molecule has 0 saturated heterocycles. The van der Waals surface area contributed by atoms with Gasteiger partial charge in [0.15, 0.2) is 10.8 Å². The summed E-state index contributed by atoms with van der Waals surface area (Å²) in [4.78, 5) is 17.6. The van der Waals surface area contributed by atoms with Crippen molar-refractivity contribution in [2.45, 2.75) is 27.2 Å². The molecule has 0 unspecified atom stereocenters. The van der Waals surface area contributed by atoms with Crippen molar-refractivity contribution in [1.82, 2.24) is 4.98 Å². The Labute approximate surface area is 150 Å². The van der Waals surface area contributed by atoms with Crippen LogP contribution in [0.25, 0.3) is 10.8 Å². The summed E-state index contributed by atoms with van der Waals surface area (Å²) in [7, 11) is 0. The van der Waals surface area contributed by atoms with Gasteiger partial charge in [0.05, 0.1) is 12.3 Å². The maximum atomic E-state index is 12.6. The van der Waals surface area contributed by atoms with Crippen LogP contribution in [0.2, 0.25) is 0 Å². The van der Waals surface area contributed by atoms with Gasteiger partial charge < -0.3 is 14.5 Å². The van der Waals surface area contributed by atoms with Crippen molar-refractivity contribution in [3.05, 3.63) is 52.7 Å². The maximum Gasteiger partial charge on any atom is 0.267 e. The van der Waals surface area contributed by atoms with Gasteiger partial charge in [-0.25, -0.2) is 4.98 Å². The summed E-state index contributed by atoms with van der Waals surface area (Å²) in [6.07, 6.45) is 0.936. The normalized spacial score (nSPS) is 10.7. The van der Waals surface area contributed by atoms with Crippen molar-refractivity contribution >= 4 is 22.9 Å². The molecule has 6 heteroatoms. The van der Waals surface area contributed by atoms with E-state index in [1.165, 1.54) is 11.3 Å². The molecular formula is C19H20N2O3S. The number of ether oxygens (including phenoxy) is 1. The minimum atomic E-state index is -0.183. The number of benzene rings is 1. The number of nitrogens with zero attached hydrogens (tertiary/aromatic N) is 1. The first-order valence-corrected chi connectivity index (χ1v) is 8.97. The van der Waals surface area contributed by atoms with Crippen LogP contribution < -0.4 is 10.1 Å². The molecule has 3 aromatic rings. The van der Waals surface area contributed by atoms with E-state index in [0.717, 1.165) is 17.9 Å². The van der Waals surface area contributed by atoms with Crippen molar-refractivity contribution in [3.63, 3.8) is 0 Å². The number of hydrogen-bond donors (Lipinski definition) is 1. The number of aryl methyl sites for hydroxylation is 2. The standard InChI is InChI=1S/C19H20N2O3S/c1-4-10-23-15-7-5-6-14(11-15)21-18(22)17-13(3)20-19(25-17)16-9-8-12(2)24-16/h5-9,11H,4,10H2,1-3H3,(H,21,22). The Morgan fingerprint density at radius 1 is 1.28 bits per heavy atom. The fraction of sp³-hybridized carbons (Fsp3) is 0.263. The average molecular weight is 356 g/mol. The molecule has 5 nitrogen and oxygen atoms in total. The molecule has 0 spiro atoms. The number of anilines is 1. The van der Waals surface area contributed by atoms with Crippen molar-refractivity contribution in [3.8, 4) is 16.5 Å². The molecule has 3 rings (SSSR count). The Balaban J connectivity index is 1.76. The number of hydrogen-bond acceptors (Lipinski definition) is 5. The molecule has 0 aliphatic carbocycles. The van der Waals surface area contributed by atoms with Crippen molar-refractivity contribution in [2.24, 2.45) is 0 Å². The lowest BCUT2D eigenvalue weighted by molar-refractivity contribution is 0.103. The fourth-order valence-electron chi connectivity index (χ4n) is 2.33. The van der Waals surface area contributed by atoms with Crippen LogP contribution in [0.15, 0.2) is 40.8 Å². The number of rotatable bonds is 6. The van der Waals surface area contributed by atoms with Gasteiger partial charge in [-0.15, -0.1) is 11.3 Å². The van der Waals surface area contributed by atoms with Gasteiger partial charge in [-0.1, -0.05) is 13.0 Å². The maximum absolute atomic E-state index is 12.6. The van der Waals surface area contributed by atoms with Crippen LogP contribution in [0.4, 0.5) is 5.69 Å². The van der Waals surface area contributed by atoms with Gasteiger partial charge >= 0.3 is 0 Å². The smallest absolute Gasteiger partial charge is 0.267 e. The van der Waals surface area contributed by atoms with E-state index in [2.05, 4.69) is 17.2 Å². The molecule has 0 fully saturated rings. The van der Waals surface area contributed by atoms with Gasteiger partial charge in [-0.05, 0) is 44.5 Å². The lowest BCUT2D eigenvalue weighted by Gasteiger charge is -2.08. The topological polar surface area (TPSA) is 64.4 Å². The van der Waals surface area contributed by atoms with Crippen LogP contribution in [-0.4, -0.2) is 17.5 Å². The van der Waals surface area contributed by atoms with Gasteiger partial charge in [0.2, 0.25) is 0 Å². The second-order valence-corrected chi connectivity index (χ2v) is 6.67. The minimum Gasteiger partial charge on any atom is -0.494 e. The third kappa shape index (κ3) is 4.09. The summed E-state index contributed by atoms with van der Waals surface area (Å²) < 4.78 is 11.2. The highest BCUT2D eigenvalue weighted by Crippen LogP contribution is 2.30. The Kier molecular flexibility index (Phi) is 5.19. The molecular weight excluding hydrogens is 336 g/mol. The van der Waals surface area contributed by atoms with Crippen LogP contribution in [0.5, 0.6) is 5.75 Å². The van der Waals surface area contributed by atoms with E-state index in [4.69, 9.17) is 9.15 Å². The Bertz CT molecular complexity index is 882. The highest BCUT2D eigenvalue weighted by molar-refractivity contribution is 7.17. The molecule has 0 saturated carbocycles. The Hall–Kier alpha value is -2.60. The number of nitrogens with one attached hydrogen (secondary N) is 1. The van der Waals surface area contributed by atoms with E-state index in [1.54, 1.807) is 0 Å². The monoisotopic (exact) mass is 356 g/mol. The zero-order valence-corrected chi connectivity index (χ0v) is 15.3. The van der Waals surface area contributed by atoms with Gasteiger partial charge in [-0.2, -0.15) is 0 Å². The lowest BCUT2D eigenvalue weighted by Crippen LogP contribution is -2.11. The minimum absolute atomic E-state index is 0.183. The second-order valence-electron chi connectivity index (χ2n) is 5.67. The molecule has 2 heterocycles. The summed E-state index contributed by atoms with van der Waals surface area (Å²) in [5.74, 6) is 2.06. The number of carbonyl (C=O) groups excluding carboxylic acids is 1. The predicted octanol–water partition coefficient (Wildman–Crippen LogP) is 5.06. The van der Waals surface area contributed by atoms with Gasteiger partial charge in [0, 0.05) is 11.8 Å². The molecule has 1 N–H and O–H groups in total. The Morgan fingerprint density at radius 2 is 2.12 bits per heavy atom. The largest absolute Gasteiger partial charge is 0.494 e. The summed E-state index contributed by atoms with van der Waals surface area (Å²) in [6, 6.07) is 11.1. The third-order valence-electron chi connectivity index (χ3n) is 3.52. The van der Waals surface area contributed by atoms with E-state index in [0.29, 0.717) is 33.6 Å². The highest BCUT2D eigenvalue weighted by atomic mass is 32.1. The number of thiazole rings is 1. The van der Waals surface area contributed by atoms with E-state index < -0.39 is 0 Å². The predicted molar refractivity (Wildman–Crippen MR) is 99.5 cm³/mol. The molecule has 25 heavy (non-hydrogen) atoms. The first-order chi connectivity index (χ1) is 12.1. The average Bonchev–Trinajstić information content (AvgIpc) is 3.19. The summed E-state index contributed by atoms with van der Waals surface area (Å²) >= 11 is 1.32. The van der Waals surface area contributed by atoms with E-state index in [-0.39, 0.29) is 5.91 Å². The molecule has 0 bridgehead atoms. The van der Waals surface area contributed by atoms with Crippen LogP contribution in [0.1, 0.15) is 34.5 Å². The Morgan fingerprint density at radius 3 is 2.84 bits per heavy atom. The van der Waals surface area contributed by atoms with Gasteiger partial charge in [0.25, 0.3) is 5.91 Å². The molecule has 0 atom stereocenters. The zero-order chi connectivity index (χ0) is 17.8. The number of amides is 1. The van der Waals surface area contributed by atoms with E-state index >= 15 is 0 Å². The SMILES string of the molecule is CCCOc1cccc(NC(=O)c2sc(-c3ccc(C)o3)nc2C)c1. The van der Waals surface area contributed by atoms with Crippen molar-refractivity contribution in [2.75, 3.05) is 11.9 Å². The van der Waals surface area contributed by atoms with Crippen LogP contribution in [-0.2, 0) is 0 Å². The van der Waals surface area contributed by atoms with Crippen LogP contribution >= 0.6 is 11.3 Å². The number of aromatic nitrogens is 1. The van der Waals surface area contributed by atoms with Crippen molar-refractivity contribution < 1.29 is 13.9 Å². The summed E-state index contributed by atoms with van der Waals surface area (Å²) in [6.45, 7) is 6.41. The van der Waals surface area contributed by atoms with Crippen LogP contribution in [0.3, 0.4) is 0 Å². The second kappa shape index (κ2) is 7.53. The van der Waals surface area contributed by atoms with Crippen LogP contribution in [0, 0.1) is 13.8 Å². The molecule has 0 radical (unpaired) electrons. The first-order valence-electron chi connectivity index (χ1n) is 8.15.